The Bertz CT molecular complexity index is 674. The lowest BCUT2D eigenvalue weighted by molar-refractivity contribution is 0.817. The van der Waals surface area contributed by atoms with Crippen molar-refractivity contribution >= 4 is 17.3 Å². The molecule has 1 atom stereocenters. The van der Waals surface area contributed by atoms with E-state index in [2.05, 4.69) is 11.0 Å². The first-order valence-corrected chi connectivity index (χ1v) is 7.14. The van der Waals surface area contributed by atoms with Gasteiger partial charge in [0, 0.05) is 19.6 Å². The van der Waals surface area contributed by atoms with E-state index in [0.717, 1.165) is 16.8 Å². The summed E-state index contributed by atoms with van der Waals surface area (Å²) in [4.78, 5) is 2.06. The standard InChI is InChI=1S/C17H18ClN3/c1-12(20)15-6-7-17(16(18)9-15)21(2)11-14-5-3-4-13(8-14)10-19/h3-9,12H,11,20H2,1-2H3/t12-/m1/s1. The molecule has 0 heterocycles. The summed E-state index contributed by atoms with van der Waals surface area (Å²) in [5, 5.41) is 9.63. The van der Waals surface area contributed by atoms with E-state index in [0.29, 0.717) is 17.1 Å². The second-order valence-electron chi connectivity index (χ2n) is 5.17. The van der Waals surface area contributed by atoms with Gasteiger partial charge >= 0.3 is 0 Å². The van der Waals surface area contributed by atoms with E-state index in [1.807, 2.05) is 50.4 Å². The maximum absolute atomic E-state index is 8.94. The van der Waals surface area contributed by atoms with Crippen molar-refractivity contribution in [2.24, 2.45) is 5.73 Å². The molecule has 0 aliphatic rings. The molecule has 0 aliphatic heterocycles. The minimum Gasteiger partial charge on any atom is -0.369 e. The summed E-state index contributed by atoms with van der Waals surface area (Å²) < 4.78 is 0. The van der Waals surface area contributed by atoms with Crippen LogP contribution in [0.4, 0.5) is 5.69 Å². The third-order valence-electron chi connectivity index (χ3n) is 3.38. The van der Waals surface area contributed by atoms with Crippen LogP contribution in [0.25, 0.3) is 0 Å². The van der Waals surface area contributed by atoms with Crippen molar-refractivity contribution in [1.29, 1.82) is 5.26 Å². The van der Waals surface area contributed by atoms with Gasteiger partial charge in [-0.3, -0.25) is 0 Å². The molecular formula is C17H18ClN3. The van der Waals surface area contributed by atoms with Gasteiger partial charge in [-0.1, -0.05) is 29.8 Å². The van der Waals surface area contributed by atoms with Gasteiger partial charge in [0.1, 0.15) is 0 Å². The van der Waals surface area contributed by atoms with Crippen LogP contribution in [0, 0.1) is 11.3 Å². The fourth-order valence-electron chi connectivity index (χ4n) is 2.21. The Balaban J connectivity index is 2.20. The zero-order chi connectivity index (χ0) is 15.4. The summed E-state index contributed by atoms with van der Waals surface area (Å²) in [6.45, 7) is 2.62. The molecule has 3 nitrogen and oxygen atoms in total. The Morgan fingerprint density at radius 2 is 2.05 bits per heavy atom. The van der Waals surface area contributed by atoms with Crippen LogP contribution >= 0.6 is 11.6 Å². The molecule has 0 radical (unpaired) electrons. The Morgan fingerprint density at radius 1 is 1.29 bits per heavy atom. The van der Waals surface area contributed by atoms with E-state index < -0.39 is 0 Å². The molecule has 0 aromatic heterocycles. The highest BCUT2D eigenvalue weighted by Gasteiger charge is 2.09. The first kappa shape index (κ1) is 15.4. The SMILES string of the molecule is C[C@@H](N)c1ccc(N(C)Cc2cccc(C#N)c2)c(Cl)c1. The molecule has 0 saturated heterocycles. The van der Waals surface area contributed by atoms with Crippen molar-refractivity contribution in [3.8, 4) is 6.07 Å². The summed E-state index contributed by atoms with van der Waals surface area (Å²) in [7, 11) is 1.98. The third-order valence-corrected chi connectivity index (χ3v) is 3.69. The van der Waals surface area contributed by atoms with Crippen LogP contribution in [-0.4, -0.2) is 7.05 Å². The van der Waals surface area contributed by atoms with Crippen LogP contribution in [0.2, 0.25) is 5.02 Å². The number of rotatable bonds is 4. The smallest absolute Gasteiger partial charge is 0.0991 e. The van der Waals surface area contributed by atoms with Crippen LogP contribution in [0.5, 0.6) is 0 Å². The predicted octanol–water partition coefficient (Wildman–Crippen LogP) is 3.87. The van der Waals surface area contributed by atoms with Crippen molar-refractivity contribution in [2.75, 3.05) is 11.9 Å². The monoisotopic (exact) mass is 299 g/mol. The quantitative estimate of drug-likeness (QED) is 0.932. The van der Waals surface area contributed by atoms with E-state index in [9.17, 15) is 0 Å². The first-order valence-electron chi connectivity index (χ1n) is 6.76. The van der Waals surface area contributed by atoms with Crippen molar-refractivity contribution in [3.05, 3.63) is 64.2 Å². The number of halogens is 1. The lowest BCUT2D eigenvalue weighted by Gasteiger charge is -2.21. The zero-order valence-electron chi connectivity index (χ0n) is 12.2. The van der Waals surface area contributed by atoms with Crippen molar-refractivity contribution in [1.82, 2.24) is 0 Å². The Labute approximate surface area is 130 Å². The molecule has 2 rings (SSSR count). The molecule has 0 fully saturated rings. The molecule has 2 aromatic carbocycles. The second-order valence-corrected chi connectivity index (χ2v) is 5.57. The molecule has 0 aliphatic carbocycles. The van der Waals surface area contributed by atoms with Gasteiger partial charge in [-0.2, -0.15) is 5.26 Å². The molecule has 2 aromatic rings. The summed E-state index contributed by atoms with van der Waals surface area (Å²) in [5.41, 5.74) is 9.57. The normalized spacial score (nSPS) is 11.8. The van der Waals surface area contributed by atoms with Crippen LogP contribution in [-0.2, 0) is 6.54 Å². The number of hydrogen-bond donors (Lipinski definition) is 1. The lowest BCUT2D eigenvalue weighted by atomic mass is 10.1. The van der Waals surface area contributed by atoms with Crippen molar-refractivity contribution < 1.29 is 0 Å². The number of benzene rings is 2. The van der Waals surface area contributed by atoms with Crippen LogP contribution < -0.4 is 10.6 Å². The van der Waals surface area contributed by atoms with Crippen LogP contribution in [0.3, 0.4) is 0 Å². The maximum atomic E-state index is 8.94. The summed E-state index contributed by atoms with van der Waals surface area (Å²) in [6.07, 6.45) is 0. The molecule has 0 spiro atoms. The van der Waals surface area contributed by atoms with E-state index in [4.69, 9.17) is 22.6 Å². The van der Waals surface area contributed by atoms with Crippen molar-refractivity contribution in [2.45, 2.75) is 19.5 Å². The maximum Gasteiger partial charge on any atom is 0.0991 e. The topological polar surface area (TPSA) is 53.0 Å². The van der Waals surface area contributed by atoms with Gasteiger partial charge in [-0.25, -0.2) is 0 Å². The average molecular weight is 300 g/mol. The van der Waals surface area contributed by atoms with Gasteiger partial charge in [0.2, 0.25) is 0 Å². The number of nitrogens with zero attached hydrogens (tertiary/aromatic N) is 2. The van der Waals surface area contributed by atoms with Crippen molar-refractivity contribution in [3.63, 3.8) is 0 Å². The average Bonchev–Trinajstić information content (AvgIpc) is 2.47. The Hall–Kier alpha value is -2.02. The molecule has 0 bridgehead atoms. The summed E-state index contributed by atoms with van der Waals surface area (Å²) in [5.74, 6) is 0. The zero-order valence-corrected chi connectivity index (χ0v) is 12.9. The number of nitrogens with two attached hydrogens (primary N) is 1. The molecule has 0 saturated carbocycles. The van der Waals surface area contributed by atoms with Gasteiger partial charge in [0.05, 0.1) is 22.3 Å². The Kier molecular flexibility index (Phi) is 4.85. The first-order chi connectivity index (χ1) is 10.0. The second kappa shape index (κ2) is 6.62. The fraction of sp³-hybridized carbons (Fsp3) is 0.235. The van der Waals surface area contributed by atoms with E-state index in [1.54, 1.807) is 6.07 Å². The fourth-order valence-corrected chi connectivity index (χ4v) is 2.55. The minimum atomic E-state index is -0.0332. The number of anilines is 1. The van der Waals surface area contributed by atoms with Gasteiger partial charge in [0.25, 0.3) is 0 Å². The van der Waals surface area contributed by atoms with Gasteiger partial charge in [-0.15, -0.1) is 0 Å². The molecular weight excluding hydrogens is 282 g/mol. The third kappa shape index (κ3) is 3.75. The highest BCUT2D eigenvalue weighted by molar-refractivity contribution is 6.33. The molecule has 0 amide bonds. The van der Waals surface area contributed by atoms with Gasteiger partial charge in [0.15, 0.2) is 0 Å². The minimum absolute atomic E-state index is 0.0332. The van der Waals surface area contributed by atoms with Gasteiger partial charge in [-0.05, 0) is 42.3 Å². The molecule has 4 heteroatoms. The van der Waals surface area contributed by atoms with Gasteiger partial charge < -0.3 is 10.6 Å². The van der Waals surface area contributed by atoms with E-state index in [-0.39, 0.29) is 6.04 Å². The lowest BCUT2D eigenvalue weighted by Crippen LogP contribution is -2.17. The molecule has 2 N–H and O–H groups in total. The number of nitriles is 1. The summed E-state index contributed by atoms with van der Waals surface area (Å²) >= 11 is 6.34. The molecule has 0 unspecified atom stereocenters. The van der Waals surface area contributed by atoms with Crippen LogP contribution in [0.15, 0.2) is 42.5 Å². The molecule has 108 valence electrons. The summed E-state index contributed by atoms with van der Waals surface area (Å²) in [6, 6.07) is 15.6. The van der Waals surface area contributed by atoms with E-state index in [1.165, 1.54) is 0 Å². The van der Waals surface area contributed by atoms with Crippen LogP contribution in [0.1, 0.15) is 29.7 Å². The predicted molar refractivity (Wildman–Crippen MR) is 87.3 cm³/mol. The largest absolute Gasteiger partial charge is 0.369 e. The number of hydrogen-bond acceptors (Lipinski definition) is 3. The Morgan fingerprint density at radius 3 is 2.67 bits per heavy atom. The highest BCUT2D eigenvalue weighted by Crippen LogP contribution is 2.28. The molecule has 21 heavy (non-hydrogen) atoms. The van der Waals surface area contributed by atoms with E-state index >= 15 is 0 Å². The highest BCUT2D eigenvalue weighted by atomic mass is 35.5.